The number of hydrogen-bond acceptors (Lipinski definition) is 5. The van der Waals surface area contributed by atoms with E-state index in [1.807, 2.05) is 34.6 Å². The van der Waals surface area contributed by atoms with Crippen molar-refractivity contribution in [1.82, 2.24) is 15.3 Å². The van der Waals surface area contributed by atoms with Crippen LogP contribution in [0.25, 0.3) is 11.0 Å². The fourth-order valence-electron chi connectivity index (χ4n) is 2.11. The van der Waals surface area contributed by atoms with Crippen LogP contribution in [0.2, 0.25) is 0 Å². The quantitative estimate of drug-likeness (QED) is 0.876. The predicted molar refractivity (Wildman–Crippen MR) is 91.8 cm³/mol. The second-order valence-corrected chi connectivity index (χ2v) is 6.88. The highest BCUT2D eigenvalue weighted by molar-refractivity contribution is 5.95. The zero-order chi connectivity index (χ0) is 18.1. The molecule has 6 nitrogen and oxygen atoms in total. The van der Waals surface area contributed by atoms with Gasteiger partial charge in [-0.25, -0.2) is 14.8 Å². The second-order valence-electron chi connectivity index (χ2n) is 6.88. The Hall–Kier alpha value is -2.50. The summed E-state index contributed by atoms with van der Waals surface area (Å²) in [4.78, 5) is 33.1. The van der Waals surface area contributed by atoms with Gasteiger partial charge < -0.3 is 10.1 Å². The first kappa shape index (κ1) is 17.8. The van der Waals surface area contributed by atoms with Crippen molar-refractivity contribution < 1.29 is 14.3 Å². The number of carbonyl (C=O) groups is 2. The normalized spacial score (nSPS) is 12.8. The molecule has 1 atom stereocenters. The summed E-state index contributed by atoms with van der Waals surface area (Å²) in [5.41, 5.74) is 2.96. The first-order valence-corrected chi connectivity index (χ1v) is 7.85. The molecule has 0 unspecified atom stereocenters. The van der Waals surface area contributed by atoms with Gasteiger partial charge in [-0.1, -0.05) is 0 Å². The van der Waals surface area contributed by atoms with E-state index in [0.717, 1.165) is 11.4 Å². The number of aromatic nitrogens is 2. The molecule has 2 aromatic rings. The zero-order valence-corrected chi connectivity index (χ0v) is 14.9. The third-order valence-corrected chi connectivity index (χ3v) is 3.46. The molecule has 0 saturated carbocycles. The molecule has 0 spiro atoms. The van der Waals surface area contributed by atoms with Crippen molar-refractivity contribution in [2.75, 3.05) is 0 Å². The number of rotatable bonds is 3. The Morgan fingerprint density at radius 1 is 1.08 bits per heavy atom. The van der Waals surface area contributed by atoms with Gasteiger partial charge in [0.1, 0.15) is 0 Å². The second kappa shape index (κ2) is 6.55. The van der Waals surface area contributed by atoms with Gasteiger partial charge in [-0.15, -0.1) is 0 Å². The summed E-state index contributed by atoms with van der Waals surface area (Å²) in [5, 5.41) is 2.78. The fraction of sp³-hybridized carbons (Fsp3) is 0.444. The van der Waals surface area contributed by atoms with Gasteiger partial charge in [-0.2, -0.15) is 0 Å². The lowest BCUT2D eigenvalue weighted by molar-refractivity contribution is -0.130. The van der Waals surface area contributed by atoms with Crippen molar-refractivity contribution in [1.29, 1.82) is 0 Å². The van der Waals surface area contributed by atoms with Crippen molar-refractivity contribution in [3.05, 3.63) is 35.2 Å². The molecule has 1 N–H and O–H groups in total. The summed E-state index contributed by atoms with van der Waals surface area (Å²) in [7, 11) is 0. The summed E-state index contributed by atoms with van der Waals surface area (Å²) < 4.78 is 5.25. The van der Waals surface area contributed by atoms with Crippen LogP contribution in [-0.4, -0.2) is 33.5 Å². The number of aryl methyl sites for hydroxylation is 2. The summed E-state index contributed by atoms with van der Waals surface area (Å²) >= 11 is 0. The molecule has 1 aromatic carbocycles. The minimum atomic E-state index is -0.877. The van der Waals surface area contributed by atoms with E-state index in [1.165, 1.54) is 0 Å². The molecule has 24 heavy (non-hydrogen) atoms. The summed E-state index contributed by atoms with van der Waals surface area (Å²) in [6.07, 6.45) is -0.877. The SMILES string of the molecule is Cc1nc2ccc(C(=O)O[C@@H](C)C(=O)NC(C)(C)C)cc2nc1C. The Morgan fingerprint density at radius 3 is 2.25 bits per heavy atom. The predicted octanol–water partition coefficient (Wildman–Crippen LogP) is 2.71. The number of ether oxygens (including phenoxy) is 1. The van der Waals surface area contributed by atoms with E-state index in [0.29, 0.717) is 16.6 Å². The number of hydrogen-bond donors (Lipinski definition) is 1. The van der Waals surface area contributed by atoms with Crippen LogP contribution in [0.3, 0.4) is 0 Å². The van der Waals surface area contributed by atoms with Gasteiger partial charge in [0, 0.05) is 5.54 Å². The molecule has 0 bridgehead atoms. The van der Waals surface area contributed by atoms with Crippen molar-refractivity contribution >= 4 is 22.9 Å². The highest BCUT2D eigenvalue weighted by Gasteiger charge is 2.23. The van der Waals surface area contributed by atoms with E-state index in [-0.39, 0.29) is 11.4 Å². The van der Waals surface area contributed by atoms with Crippen LogP contribution in [0.5, 0.6) is 0 Å². The van der Waals surface area contributed by atoms with Gasteiger partial charge in [0.25, 0.3) is 5.91 Å². The van der Waals surface area contributed by atoms with Gasteiger partial charge in [0.15, 0.2) is 6.10 Å². The van der Waals surface area contributed by atoms with E-state index < -0.39 is 12.1 Å². The summed E-state index contributed by atoms with van der Waals surface area (Å²) in [6, 6.07) is 4.99. The van der Waals surface area contributed by atoms with E-state index in [4.69, 9.17) is 4.74 Å². The molecule has 2 rings (SSSR count). The Balaban J connectivity index is 2.16. The highest BCUT2D eigenvalue weighted by atomic mass is 16.5. The maximum Gasteiger partial charge on any atom is 0.338 e. The molecule has 0 saturated heterocycles. The number of amides is 1. The standard InChI is InChI=1S/C18H23N3O3/c1-10-11(2)20-15-9-13(7-8-14(15)19-10)17(23)24-12(3)16(22)21-18(4,5)6/h7-9,12H,1-6H3,(H,21,22)/t12-/m0/s1. The number of nitrogens with zero attached hydrogens (tertiary/aromatic N) is 2. The molecule has 0 aliphatic heterocycles. The zero-order valence-electron chi connectivity index (χ0n) is 14.9. The largest absolute Gasteiger partial charge is 0.449 e. The Bertz CT molecular complexity index is 794. The molecule has 0 radical (unpaired) electrons. The van der Waals surface area contributed by atoms with Crippen molar-refractivity contribution in [3.8, 4) is 0 Å². The van der Waals surface area contributed by atoms with E-state index in [1.54, 1.807) is 25.1 Å². The van der Waals surface area contributed by atoms with Crippen molar-refractivity contribution in [2.45, 2.75) is 53.2 Å². The van der Waals surface area contributed by atoms with Gasteiger partial charge in [0.2, 0.25) is 0 Å². The molecule has 1 heterocycles. The number of esters is 1. The first-order valence-electron chi connectivity index (χ1n) is 7.85. The van der Waals surface area contributed by atoms with Gasteiger partial charge in [-0.05, 0) is 59.7 Å². The minimum Gasteiger partial charge on any atom is -0.449 e. The van der Waals surface area contributed by atoms with E-state index >= 15 is 0 Å². The van der Waals surface area contributed by atoms with E-state index in [9.17, 15) is 9.59 Å². The van der Waals surface area contributed by atoms with Crippen LogP contribution >= 0.6 is 0 Å². The highest BCUT2D eigenvalue weighted by Crippen LogP contribution is 2.16. The molecule has 0 aliphatic rings. The summed E-state index contributed by atoms with van der Waals surface area (Å²) in [6.45, 7) is 10.9. The van der Waals surface area contributed by atoms with Crippen molar-refractivity contribution in [2.24, 2.45) is 0 Å². The molecule has 128 valence electrons. The monoisotopic (exact) mass is 329 g/mol. The number of nitrogens with one attached hydrogen (secondary N) is 1. The average Bonchev–Trinajstić information content (AvgIpc) is 2.46. The Kier molecular flexibility index (Phi) is 4.87. The average molecular weight is 329 g/mol. The van der Waals surface area contributed by atoms with Gasteiger partial charge in [-0.3, -0.25) is 4.79 Å². The van der Waals surface area contributed by atoms with Gasteiger partial charge in [0.05, 0.1) is 28.0 Å². The van der Waals surface area contributed by atoms with Crippen molar-refractivity contribution in [3.63, 3.8) is 0 Å². The van der Waals surface area contributed by atoms with Gasteiger partial charge >= 0.3 is 5.97 Å². The fourth-order valence-corrected chi connectivity index (χ4v) is 2.11. The van der Waals surface area contributed by atoms with Crippen LogP contribution in [0.1, 0.15) is 49.4 Å². The van der Waals surface area contributed by atoms with Crippen LogP contribution < -0.4 is 5.32 Å². The third-order valence-electron chi connectivity index (χ3n) is 3.46. The Morgan fingerprint density at radius 2 is 1.67 bits per heavy atom. The molecule has 1 amide bonds. The maximum absolute atomic E-state index is 12.3. The molecule has 1 aromatic heterocycles. The maximum atomic E-state index is 12.3. The minimum absolute atomic E-state index is 0.331. The first-order chi connectivity index (χ1) is 11.1. The lowest BCUT2D eigenvalue weighted by Crippen LogP contribution is -2.46. The van der Waals surface area contributed by atoms with E-state index in [2.05, 4.69) is 15.3 Å². The summed E-state index contributed by atoms with van der Waals surface area (Å²) in [5.74, 6) is -0.892. The molecule has 0 fully saturated rings. The molecule has 6 heteroatoms. The Labute approximate surface area is 141 Å². The lowest BCUT2D eigenvalue weighted by atomic mass is 10.1. The molecular formula is C18H23N3O3. The number of benzene rings is 1. The smallest absolute Gasteiger partial charge is 0.338 e. The molecular weight excluding hydrogens is 306 g/mol. The topological polar surface area (TPSA) is 81.2 Å². The number of fused-ring (bicyclic) bond motifs is 1. The van der Waals surface area contributed by atoms with Crippen LogP contribution in [0.4, 0.5) is 0 Å². The number of carbonyl (C=O) groups excluding carboxylic acids is 2. The van der Waals surface area contributed by atoms with Crippen LogP contribution in [0, 0.1) is 13.8 Å². The molecule has 0 aliphatic carbocycles. The third kappa shape index (κ3) is 4.28. The van der Waals surface area contributed by atoms with Crippen LogP contribution in [-0.2, 0) is 9.53 Å². The van der Waals surface area contributed by atoms with Crippen LogP contribution in [0.15, 0.2) is 18.2 Å². The lowest BCUT2D eigenvalue weighted by Gasteiger charge is -2.23.